The average molecular weight is 316 g/mol. The summed E-state index contributed by atoms with van der Waals surface area (Å²) in [6, 6.07) is 12.2. The average Bonchev–Trinajstić information content (AvgIpc) is 2.53. The van der Waals surface area contributed by atoms with E-state index in [1.54, 1.807) is 6.07 Å². The molecule has 2 heterocycles. The summed E-state index contributed by atoms with van der Waals surface area (Å²) in [6.07, 6.45) is 1.20. The van der Waals surface area contributed by atoms with E-state index < -0.39 is 18.0 Å². The molecule has 1 aliphatic heterocycles. The van der Waals surface area contributed by atoms with Gasteiger partial charge in [0.15, 0.2) is 5.75 Å². The van der Waals surface area contributed by atoms with E-state index in [9.17, 15) is 9.18 Å². The van der Waals surface area contributed by atoms with E-state index in [0.717, 1.165) is 18.5 Å². The van der Waals surface area contributed by atoms with Crippen molar-refractivity contribution in [1.29, 1.82) is 0 Å². The number of pyridine rings is 1. The summed E-state index contributed by atoms with van der Waals surface area (Å²) < 4.78 is 24.5. The van der Waals surface area contributed by atoms with Gasteiger partial charge in [0.25, 0.3) is 5.95 Å². The summed E-state index contributed by atoms with van der Waals surface area (Å²) in [4.78, 5) is 15.9. The zero-order valence-electron chi connectivity index (χ0n) is 12.4. The Morgan fingerprint density at radius 2 is 2.09 bits per heavy atom. The number of halogens is 1. The van der Waals surface area contributed by atoms with Gasteiger partial charge in [0, 0.05) is 6.20 Å². The van der Waals surface area contributed by atoms with Gasteiger partial charge in [-0.1, -0.05) is 30.3 Å². The molecule has 1 N–H and O–H groups in total. The second-order valence-electron chi connectivity index (χ2n) is 5.27. The Hall–Kier alpha value is -2.47. The van der Waals surface area contributed by atoms with E-state index in [-0.39, 0.29) is 18.4 Å². The first-order valence-electron chi connectivity index (χ1n) is 7.45. The maximum Gasteiger partial charge on any atom is 0.349 e. The number of nitrogens with one attached hydrogen (secondary N) is 1. The van der Waals surface area contributed by atoms with E-state index in [1.165, 1.54) is 12.3 Å². The zero-order valence-corrected chi connectivity index (χ0v) is 12.4. The number of hydrogen-bond acceptors (Lipinski definition) is 5. The monoisotopic (exact) mass is 316 g/mol. The van der Waals surface area contributed by atoms with Crippen molar-refractivity contribution in [3.05, 3.63) is 60.2 Å². The molecule has 2 atom stereocenters. The number of nitrogens with zero attached hydrogens (tertiary/aromatic N) is 1. The van der Waals surface area contributed by atoms with Crippen molar-refractivity contribution >= 4 is 5.97 Å². The smallest absolute Gasteiger partial charge is 0.349 e. The predicted octanol–water partition coefficient (Wildman–Crippen LogP) is 2.07. The summed E-state index contributed by atoms with van der Waals surface area (Å²) in [5.41, 5.74) is 0.883. The van der Waals surface area contributed by atoms with Crippen molar-refractivity contribution in [1.82, 2.24) is 10.3 Å². The van der Waals surface area contributed by atoms with Gasteiger partial charge in [0.1, 0.15) is 6.61 Å². The Labute approximate surface area is 133 Å². The molecule has 0 radical (unpaired) electrons. The molecule has 120 valence electrons. The summed E-state index contributed by atoms with van der Waals surface area (Å²) in [5.74, 6) is -1.31. The lowest BCUT2D eigenvalue weighted by Gasteiger charge is -2.33. The molecule has 23 heavy (non-hydrogen) atoms. The molecule has 1 aliphatic rings. The van der Waals surface area contributed by atoms with Crippen molar-refractivity contribution in [2.24, 2.45) is 0 Å². The second kappa shape index (κ2) is 7.19. The molecule has 1 unspecified atom stereocenters. The molecular formula is C17H17FN2O3. The second-order valence-corrected chi connectivity index (χ2v) is 5.27. The molecule has 1 aromatic heterocycles. The molecule has 0 bridgehead atoms. The van der Waals surface area contributed by atoms with Crippen molar-refractivity contribution in [3.63, 3.8) is 0 Å². The maximum absolute atomic E-state index is 13.6. The zero-order chi connectivity index (χ0) is 16.1. The Morgan fingerprint density at radius 3 is 2.74 bits per heavy atom. The van der Waals surface area contributed by atoms with Crippen LogP contribution in [0.15, 0.2) is 48.7 Å². The minimum atomic E-state index is -0.897. The SMILES string of the molecule is O=C(OCc1ccccc1)C(Oc1cccnc1F)[C@@H]1CCN1. The van der Waals surface area contributed by atoms with Crippen LogP contribution in [0, 0.1) is 5.95 Å². The lowest BCUT2D eigenvalue weighted by molar-refractivity contribution is -0.156. The Morgan fingerprint density at radius 1 is 1.30 bits per heavy atom. The Kier molecular flexibility index (Phi) is 4.83. The molecule has 1 fully saturated rings. The maximum atomic E-state index is 13.6. The number of hydrogen-bond donors (Lipinski definition) is 1. The van der Waals surface area contributed by atoms with Gasteiger partial charge in [-0.05, 0) is 30.7 Å². The van der Waals surface area contributed by atoms with Crippen LogP contribution in [0.1, 0.15) is 12.0 Å². The summed E-state index contributed by atoms with van der Waals surface area (Å²) in [5, 5.41) is 3.10. The molecule has 3 rings (SSSR count). The number of ether oxygens (including phenoxy) is 2. The quantitative estimate of drug-likeness (QED) is 0.653. The third kappa shape index (κ3) is 3.84. The van der Waals surface area contributed by atoms with Gasteiger partial charge < -0.3 is 14.8 Å². The highest BCUT2D eigenvalue weighted by molar-refractivity contribution is 5.76. The molecule has 0 aliphatic carbocycles. The number of carbonyl (C=O) groups is 1. The third-order valence-electron chi connectivity index (χ3n) is 3.66. The van der Waals surface area contributed by atoms with Crippen LogP contribution in [0.4, 0.5) is 4.39 Å². The predicted molar refractivity (Wildman–Crippen MR) is 81.3 cm³/mol. The van der Waals surface area contributed by atoms with E-state index in [0.29, 0.717) is 0 Å². The van der Waals surface area contributed by atoms with Crippen LogP contribution in [0.25, 0.3) is 0 Å². The van der Waals surface area contributed by atoms with E-state index in [4.69, 9.17) is 9.47 Å². The first-order valence-corrected chi connectivity index (χ1v) is 7.45. The third-order valence-corrected chi connectivity index (χ3v) is 3.66. The number of esters is 1. The highest BCUT2D eigenvalue weighted by Crippen LogP contribution is 2.20. The lowest BCUT2D eigenvalue weighted by atomic mass is 10.0. The number of rotatable bonds is 6. The van der Waals surface area contributed by atoms with Crippen molar-refractivity contribution in [2.45, 2.75) is 25.2 Å². The Bertz CT molecular complexity index is 662. The van der Waals surface area contributed by atoms with E-state index in [2.05, 4.69) is 10.3 Å². The molecule has 1 aromatic carbocycles. The van der Waals surface area contributed by atoms with Gasteiger partial charge in [0.05, 0.1) is 6.04 Å². The van der Waals surface area contributed by atoms with Gasteiger partial charge in [0.2, 0.25) is 6.10 Å². The van der Waals surface area contributed by atoms with Gasteiger partial charge in [-0.25, -0.2) is 9.78 Å². The standard InChI is InChI=1S/C17H17FN2O3/c18-16-14(7-4-9-20-16)23-15(13-8-10-19-13)17(21)22-11-12-5-2-1-3-6-12/h1-7,9,13,15,19H,8,10-11H2/t13-,15?/m0/s1. The Balaban J connectivity index is 1.66. The van der Waals surface area contributed by atoms with E-state index in [1.807, 2.05) is 30.3 Å². The van der Waals surface area contributed by atoms with Gasteiger partial charge in [-0.3, -0.25) is 0 Å². The van der Waals surface area contributed by atoms with E-state index >= 15 is 0 Å². The number of carbonyl (C=O) groups excluding carboxylic acids is 1. The van der Waals surface area contributed by atoms with Crippen molar-refractivity contribution < 1.29 is 18.7 Å². The van der Waals surface area contributed by atoms with Crippen molar-refractivity contribution in [3.8, 4) is 5.75 Å². The largest absolute Gasteiger partial charge is 0.472 e. The molecule has 5 nitrogen and oxygen atoms in total. The highest BCUT2D eigenvalue weighted by atomic mass is 19.1. The molecule has 1 saturated heterocycles. The molecule has 0 spiro atoms. The van der Waals surface area contributed by atoms with Crippen LogP contribution in [0.5, 0.6) is 5.75 Å². The van der Waals surface area contributed by atoms with Gasteiger partial charge in [-0.15, -0.1) is 0 Å². The molecular weight excluding hydrogens is 299 g/mol. The molecule has 2 aromatic rings. The summed E-state index contributed by atoms with van der Waals surface area (Å²) >= 11 is 0. The summed E-state index contributed by atoms with van der Waals surface area (Å²) in [7, 11) is 0. The van der Waals surface area contributed by atoms with Crippen LogP contribution in [-0.4, -0.2) is 29.6 Å². The van der Waals surface area contributed by atoms with Crippen LogP contribution >= 0.6 is 0 Å². The van der Waals surface area contributed by atoms with Gasteiger partial charge >= 0.3 is 5.97 Å². The number of benzene rings is 1. The molecule has 0 saturated carbocycles. The van der Waals surface area contributed by atoms with Gasteiger partial charge in [-0.2, -0.15) is 4.39 Å². The normalized spacial score (nSPS) is 17.9. The van der Waals surface area contributed by atoms with Crippen molar-refractivity contribution in [2.75, 3.05) is 6.54 Å². The number of aromatic nitrogens is 1. The fraction of sp³-hybridized carbons (Fsp3) is 0.294. The first kappa shape index (κ1) is 15.4. The van der Waals surface area contributed by atoms with Crippen LogP contribution in [0.2, 0.25) is 0 Å². The fourth-order valence-electron chi connectivity index (χ4n) is 2.27. The summed E-state index contributed by atoms with van der Waals surface area (Å²) in [6.45, 7) is 0.952. The lowest BCUT2D eigenvalue weighted by Crippen LogP contribution is -2.56. The minimum Gasteiger partial charge on any atom is -0.472 e. The van der Waals surface area contributed by atoms with Crippen LogP contribution in [0.3, 0.4) is 0 Å². The minimum absolute atomic E-state index is 0.0529. The highest BCUT2D eigenvalue weighted by Gasteiger charge is 2.36. The molecule has 0 amide bonds. The van der Waals surface area contributed by atoms with Crippen LogP contribution < -0.4 is 10.1 Å². The topological polar surface area (TPSA) is 60.5 Å². The first-order chi connectivity index (χ1) is 11.2. The van der Waals surface area contributed by atoms with Crippen LogP contribution in [-0.2, 0) is 16.1 Å². The fourth-order valence-corrected chi connectivity index (χ4v) is 2.27. The molecule has 6 heteroatoms.